The number of nitrogens with zero attached hydrogens (tertiary/aromatic N) is 5. The van der Waals surface area contributed by atoms with Crippen LogP contribution in [0.5, 0.6) is 11.5 Å². The number of halogens is 1. The van der Waals surface area contributed by atoms with E-state index in [4.69, 9.17) is 4.74 Å². The third kappa shape index (κ3) is 3.31. The highest BCUT2D eigenvalue weighted by Gasteiger charge is 2.13. The average molecular weight is 367 g/mol. The van der Waals surface area contributed by atoms with Crippen molar-refractivity contribution in [2.75, 3.05) is 0 Å². The maximum absolute atomic E-state index is 13.7. The van der Waals surface area contributed by atoms with E-state index in [2.05, 4.69) is 20.5 Å². The fraction of sp³-hybridized carbons (Fsp3) is 0.111. The SMILES string of the molecule is Cc1cc(F)cc(Oc2ccc(-c3nc(C)cs3)cc2-n2cnnn2)c1. The lowest BCUT2D eigenvalue weighted by Gasteiger charge is -2.12. The number of ether oxygens (including phenoxy) is 1. The monoisotopic (exact) mass is 367 g/mol. The molecule has 0 amide bonds. The van der Waals surface area contributed by atoms with Crippen molar-refractivity contribution < 1.29 is 9.13 Å². The standard InChI is InChI=1S/C18H14FN5OS/c1-11-5-14(19)8-15(6-11)25-17-4-3-13(18-21-12(2)9-26-18)7-16(17)24-10-20-22-23-24/h3-10H,1-2H3. The van der Waals surface area contributed by atoms with Crippen LogP contribution in [0.15, 0.2) is 48.1 Å². The second-order valence-corrected chi connectivity index (χ2v) is 6.66. The lowest BCUT2D eigenvalue weighted by atomic mass is 10.2. The van der Waals surface area contributed by atoms with Gasteiger partial charge in [0.15, 0.2) is 5.75 Å². The molecule has 0 bridgehead atoms. The first-order chi connectivity index (χ1) is 12.6. The van der Waals surface area contributed by atoms with E-state index in [0.29, 0.717) is 17.2 Å². The largest absolute Gasteiger partial charge is 0.455 e. The van der Waals surface area contributed by atoms with E-state index < -0.39 is 0 Å². The van der Waals surface area contributed by atoms with Crippen LogP contribution in [0.4, 0.5) is 4.39 Å². The predicted octanol–water partition coefficient (Wildman–Crippen LogP) is 4.33. The Bertz CT molecular complexity index is 1040. The molecule has 130 valence electrons. The van der Waals surface area contributed by atoms with Gasteiger partial charge < -0.3 is 4.74 Å². The number of hydrogen-bond donors (Lipinski definition) is 0. The van der Waals surface area contributed by atoms with Gasteiger partial charge in [0.25, 0.3) is 0 Å². The van der Waals surface area contributed by atoms with Gasteiger partial charge in [-0.1, -0.05) is 0 Å². The highest BCUT2D eigenvalue weighted by atomic mass is 32.1. The van der Waals surface area contributed by atoms with E-state index in [9.17, 15) is 4.39 Å². The summed E-state index contributed by atoms with van der Waals surface area (Å²) in [5.74, 6) is 0.577. The van der Waals surface area contributed by atoms with E-state index in [0.717, 1.165) is 21.8 Å². The van der Waals surface area contributed by atoms with Crippen LogP contribution in [0.25, 0.3) is 16.3 Å². The van der Waals surface area contributed by atoms with E-state index in [1.54, 1.807) is 17.4 Å². The molecule has 0 fully saturated rings. The predicted molar refractivity (Wildman–Crippen MR) is 96.2 cm³/mol. The second kappa shape index (κ2) is 6.64. The number of aryl methyl sites for hydroxylation is 2. The molecule has 0 aliphatic heterocycles. The molecule has 0 aliphatic rings. The molecule has 0 saturated carbocycles. The minimum absolute atomic E-state index is 0.348. The van der Waals surface area contributed by atoms with E-state index >= 15 is 0 Å². The first-order valence-corrected chi connectivity index (χ1v) is 8.71. The number of hydrogen-bond acceptors (Lipinski definition) is 6. The van der Waals surface area contributed by atoms with Gasteiger partial charge in [-0.2, -0.15) is 4.68 Å². The Morgan fingerprint density at radius 3 is 2.69 bits per heavy atom. The quantitative estimate of drug-likeness (QED) is 0.537. The topological polar surface area (TPSA) is 65.7 Å². The zero-order valence-electron chi connectivity index (χ0n) is 14.0. The number of thiazole rings is 1. The van der Waals surface area contributed by atoms with Gasteiger partial charge in [-0.25, -0.2) is 9.37 Å². The summed E-state index contributed by atoms with van der Waals surface area (Å²) < 4.78 is 21.1. The molecule has 2 aromatic carbocycles. The summed E-state index contributed by atoms with van der Waals surface area (Å²) in [6.07, 6.45) is 1.48. The first-order valence-electron chi connectivity index (χ1n) is 7.83. The fourth-order valence-corrected chi connectivity index (χ4v) is 3.36. The molecule has 26 heavy (non-hydrogen) atoms. The van der Waals surface area contributed by atoms with Gasteiger partial charge in [0.05, 0.1) is 0 Å². The van der Waals surface area contributed by atoms with Crippen molar-refractivity contribution in [3.63, 3.8) is 0 Å². The Kier molecular flexibility index (Phi) is 4.18. The van der Waals surface area contributed by atoms with Gasteiger partial charge in [-0.3, -0.25) is 0 Å². The molecular formula is C18H14FN5OS. The lowest BCUT2D eigenvalue weighted by Crippen LogP contribution is -2.00. The Hall–Kier alpha value is -3.13. The van der Waals surface area contributed by atoms with E-state index in [1.165, 1.54) is 23.1 Å². The van der Waals surface area contributed by atoms with Crippen LogP contribution in [0.2, 0.25) is 0 Å². The van der Waals surface area contributed by atoms with Crippen LogP contribution in [-0.2, 0) is 0 Å². The molecule has 0 saturated heterocycles. The Balaban J connectivity index is 1.78. The highest BCUT2D eigenvalue weighted by Crippen LogP contribution is 2.33. The van der Waals surface area contributed by atoms with Crippen molar-refractivity contribution in [3.8, 4) is 27.8 Å². The van der Waals surface area contributed by atoms with Crippen molar-refractivity contribution in [2.45, 2.75) is 13.8 Å². The highest BCUT2D eigenvalue weighted by molar-refractivity contribution is 7.13. The van der Waals surface area contributed by atoms with Gasteiger partial charge in [0.2, 0.25) is 0 Å². The fourth-order valence-electron chi connectivity index (χ4n) is 2.56. The van der Waals surface area contributed by atoms with Crippen molar-refractivity contribution in [2.24, 2.45) is 0 Å². The molecule has 0 atom stereocenters. The molecule has 0 unspecified atom stereocenters. The maximum atomic E-state index is 13.7. The molecule has 8 heteroatoms. The summed E-state index contributed by atoms with van der Waals surface area (Å²) in [7, 11) is 0. The van der Waals surface area contributed by atoms with Gasteiger partial charge >= 0.3 is 0 Å². The van der Waals surface area contributed by atoms with Gasteiger partial charge in [-0.05, 0) is 60.2 Å². The average Bonchev–Trinajstić information content (AvgIpc) is 3.26. The van der Waals surface area contributed by atoms with Gasteiger partial charge in [0, 0.05) is 22.7 Å². The zero-order chi connectivity index (χ0) is 18.1. The second-order valence-electron chi connectivity index (χ2n) is 5.80. The molecule has 2 aromatic heterocycles. The molecule has 0 spiro atoms. The minimum Gasteiger partial charge on any atom is -0.455 e. The molecule has 4 aromatic rings. The van der Waals surface area contributed by atoms with Crippen molar-refractivity contribution in [1.82, 2.24) is 25.2 Å². The molecule has 6 nitrogen and oxygen atoms in total. The molecule has 0 N–H and O–H groups in total. The van der Waals surface area contributed by atoms with Crippen molar-refractivity contribution in [1.29, 1.82) is 0 Å². The Morgan fingerprint density at radius 2 is 2.00 bits per heavy atom. The van der Waals surface area contributed by atoms with Crippen LogP contribution in [0.3, 0.4) is 0 Å². The van der Waals surface area contributed by atoms with Crippen molar-refractivity contribution in [3.05, 3.63) is 65.2 Å². The van der Waals surface area contributed by atoms with Gasteiger partial charge in [0.1, 0.15) is 28.6 Å². The van der Waals surface area contributed by atoms with Crippen LogP contribution in [0, 0.1) is 19.7 Å². The molecular weight excluding hydrogens is 353 g/mol. The number of tetrazole rings is 1. The molecule has 0 radical (unpaired) electrons. The maximum Gasteiger partial charge on any atom is 0.153 e. The summed E-state index contributed by atoms with van der Waals surface area (Å²) >= 11 is 1.56. The van der Waals surface area contributed by atoms with Gasteiger partial charge in [-0.15, -0.1) is 16.4 Å². The van der Waals surface area contributed by atoms with Crippen LogP contribution in [-0.4, -0.2) is 25.2 Å². The first kappa shape index (κ1) is 16.3. The number of rotatable bonds is 4. The summed E-state index contributed by atoms with van der Waals surface area (Å²) in [4.78, 5) is 4.51. The van der Waals surface area contributed by atoms with Crippen LogP contribution < -0.4 is 4.74 Å². The number of benzene rings is 2. The van der Waals surface area contributed by atoms with E-state index in [-0.39, 0.29) is 5.82 Å². The molecule has 0 aliphatic carbocycles. The normalized spacial score (nSPS) is 10.9. The third-order valence-electron chi connectivity index (χ3n) is 3.66. The summed E-state index contributed by atoms with van der Waals surface area (Å²) in [6, 6.07) is 10.2. The smallest absolute Gasteiger partial charge is 0.153 e. The van der Waals surface area contributed by atoms with E-state index in [1.807, 2.05) is 37.4 Å². The summed E-state index contributed by atoms with van der Waals surface area (Å²) in [6.45, 7) is 3.76. The Morgan fingerprint density at radius 1 is 1.12 bits per heavy atom. The van der Waals surface area contributed by atoms with Crippen LogP contribution in [0.1, 0.15) is 11.3 Å². The van der Waals surface area contributed by atoms with Crippen LogP contribution >= 0.6 is 11.3 Å². The lowest BCUT2D eigenvalue weighted by molar-refractivity contribution is 0.471. The molecule has 4 rings (SSSR count). The minimum atomic E-state index is -0.348. The molecule has 2 heterocycles. The number of aromatic nitrogens is 5. The summed E-state index contributed by atoms with van der Waals surface area (Å²) in [5.41, 5.74) is 3.31. The Labute approximate surface area is 152 Å². The summed E-state index contributed by atoms with van der Waals surface area (Å²) in [5, 5.41) is 14.2. The third-order valence-corrected chi connectivity index (χ3v) is 4.67. The van der Waals surface area contributed by atoms with Crippen molar-refractivity contribution >= 4 is 11.3 Å². The zero-order valence-corrected chi connectivity index (χ0v) is 14.9.